The Kier molecular flexibility index (Phi) is 6.06. The van der Waals surface area contributed by atoms with Crippen LogP contribution >= 0.6 is 47.4 Å². The van der Waals surface area contributed by atoms with Crippen molar-refractivity contribution < 1.29 is 22.4 Å². The molecule has 0 aliphatic carbocycles. The molecule has 156 valence electrons. The van der Waals surface area contributed by atoms with E-state index in [2.05, 4.69) is 10.1 Å². The zero-order valence-corrected chi connectivity index (χ0v) is 17.5. The van der Waals surface area contributed by atoms with Gasteiger partial charge in [0.1, 0.15) is 11.5 Å². The predicted octanol–water partition coefficient (Wildman–Crippen LogP) is 5.86. The maximum atomic E-state index is 12.9. The molecule has 0 saturated heterocycles. The third-order valence-corrected chi connectivity index (χ3v) is 5.31. The molecular weight excluding hydrogens is 488 g/mol. The average Bonchev–Trinajstić information content (AvgIpc) is 3.25. The number of thioether (sulfide) groups is 1. The minimum atomic E-state index is -4.70. The number of nitrogens with zero attached hydrogens (tertiary/aromatic N) is 3. The van der Waals surface area contributed by atoms with E-state index in [9.17, 15) is 18.0 Å². The van der Waals surface area contributed by atoms with Gasteiger partial charge in [0.2, 0.25) is 10.2 Å². The van der Waals surface area contributed by atoms with Crippen LogP contribution in [0.5, 0.6) is 0 Å². The minimum absolute atomic E-state index is 0. The number of carbonyl (C=O) groups is 1. The number of rotatable bonds is 2. The summed E-state index contributed by atoms with van der Waals surface area (Å²) in [6, 6.07) is 7.94. The first-order chi connectivity index (χ1) is 13.6. The number of nitrogens with one attached hydrogen (secondary N) is 1. The molecule has 0 radical (unpaired) electrons. The number of furan rings is 1. The highest BCUT2D eigenvalue weighted by Gasteiger charge is 2.46. The fourth-order valence-corrected chi connectivity index (χ4v) is 3.77. The molecule has 1 amide bonds. The highest BCUT2D eigenvalue weighted by molar-refractivity contribution is 8.27. The smallest absolute Gasteiger partial charge is 0.441 e. The quantitative estimate of drug-likeness (QED) is 0.529. The van der Waals surface area contributed by atoms with E-state index >= 15 is 0 Å². The topological polar surface area (TPSA) is 82.0 Å². The number of hydrogen-bond donors (Lipinski definition) is 1. The molecule has 0 atom stereocenters. The molecule has 0 bridgehead atoms. The molecule has 13 heteroatoms. The summed E-state index contributed by atoms with van der Waals surface area (Å²) >= 11 is 12.2. The standard InChI is InChI=1S/C17H7Cl2F3N4O2S.ClH/c18-7-1-3-9(11(19)5-7)12-4-2-8(28-12)6-10-13(23)26-16(24-14(10)27)29-15(25-26)17(20,21)22;/h1-6,23H;1H/b10-6-,23-13?;. The number of aliphatic imine (C=N–C) groups is 1. The summed E-state index contributed by atoms with van der Waals surface area (Å²) in [7, 11) is 0. The van der Waals surface area contributed by atoms with Crippen molar-refractivity contribution >= 4 is 75.4 Å². The molecule has 2 aliphatic rings. The molecule has 6 nitrogen and oxygen atoms in total. The van der Waals surface area contributed by atoms with E-state index in [4.69, 9.17) is 33.0 Å². The van der Waals surface area contributed by atoms with Crippen molar-refractivity contribution in [1.82, 2.24) is 5.01 Å². The SMILES string of the molecule is Cl.N=C1/C(=C/c2ccc(-c3ccc(Cl)cc3Cl)o2)C(=O)N=C2SC(C(F)(F)F)=NN12. The van der Waals surface area contributed by atoms with Crippen LogP contribution < -0.4 is 0 Å². The maximum Gasteiger partial charge on any atom is 0.441 e. The summed E-state index contributed by atoms with van der Waals surface area (Å²) in [5, 5.41) is 11.4. The molecule has 2 aliphatic heterocycles. The largest absolute Gasteiger partial charge is 0.457 e. The first kappa shape index (κ1) is 22.4. The number of hydrazone groups is 1. The third-order valence-electron chi connectivity index (χ3n) is 3.81. The Morgan fingerprint density at radius 3 is 2.60 bits per heavy atom. The van der Waals surface area contributed by atoms with Crippen LogP contribution in [0.25, 0.3) is 17.4 Å². The zero-order valence-electron chi connectivity index (χ0n) is 14.3. The first-order valence-corrected chi connectivity index (χ1v) is 9.33. The van der Waals surface area contributed by atoms with Gasteiger partial charge in [-0.3, -0.25) is 10.2 Å². The fraction of sp³-hybridized carbons (Fsp3) is 0.0588. The van der Waals surface area contributed by atoms with E-state index in [1.165, 1.54) is 18.2 Å². The van der Waals surface area contributed by atoms with Gasteiger partial charge >= 0.3 is 6.18 Å². The normalized spacial score (nSPS) is 17.6. The maximum absolute atomic E-state index is 12.9. The van der Waals surface area contributed by atoms with Gasteiger partial charge < -0.3 is 4.42 Å². The molecule has 2 aromatic rings. The number of fused-ring (bicyclic) bond motifs is 1. The highest BCUT2D eigenvalue weighted by Crippen LogP contribution is 2.36. The lowest BCUT2D eigenvalue weighted by Gasteiger charge is -2.19. The number of amidine groups is 2. The van der Waals surface area contributed by atoms with Gasteiger partial charge in [-0.1, -0.05) is 23.2 Å². The molecule has 0 saturated carbocycles. The summed E-state index contributed by atoms with van der Waals surface area (Å²) in [6.45, 7) is 0. The Morgan fingerprint density at radius 1 is 1.20 bits per heavy atom. The van der Waals surface area contributed by atoms with Crippen molar-refractivity contribution in [3.05, 3.63) is 51.7 Å². The van der Waals surface area contributed by atoms with Crippen molar-refractivity contribution in [2.75, 3.05) is 0 Å². The Hall–Kier alpha value is -2.27. The second kappa shape index (κ2) is 8.10. The van der Waals surface area contributed by atoms with Crippen LogP contribution in [0.2, 0.25) is 10.0 Å². The third kappa shape index (κ3) is 4.13. The van der Waals surface area contributed by atoms with Crippen LogP contribution in [0.4, 0.5) is 13.2 Å². The number of alkyl halides is 3. The van der Waals surface area contributed by atoms with E-state index in [1.54, 1.807) is 18.2 Å². The second-order valence-corrected chi connectivity index (χ2v) is 7.55. The van der Waals surface area contributed by atoms with E-state index in [0.29, 0.717) is 26.4 Å². The molecule has 0 fully saturated rings. The summed E-state index contributed by atoms with van der Waals surface area (Å²) in [6.07, 6.45) is -3.49. The molecule has 3 heterocycles. The van der Waals surface area contributed by atoms with Gasteiger partial charge in [0.25, 0.3) is 5.91 Å². The van der Waals surface area contributed by atoms with Crippen LogP contribution in [-0.2, 0) is 4.79 Å². The van der Waals surface area contributed by atoms with Crippen molar-refractivity contribution in [3.8, 4) is 11.3 Å². The van der Waals surface area contributed by atoms with E-state index in [1.807, 2.05) is 0 Å². The predicted molar refractivity (Wildman–Crippen MR) is 112 cm³/mol. The fourth-order valence-electron chi connectivity index (χ4n) is 2.51. The van der Waals surface area contributed by atoms with Gasteiger partial charge in [0.05, 0.1) is 10.6 Å². The van der Waals surface area contributed by atoms with Gasteiger partial charge in [-0.25, -0.2) is 0 Å². The summed E-state index contributed by atoms with van der Waals surface area (Å²) in [5.74, 6) is -0.833. The monoisotopic (exact) mass is 494 g/mol. The summed E-state index contributed by atoms with van der Waals surface area (Å²) < 4.78 is 44.2. The zero-order chi connectivity index (χ0) is 20.9. The van der Waals surface area contributed by atoms with Crippen LogP contribution in [0.15, 0.2) is 50.4 Å². The Morgan fingerprint density at radius 2 is 1.93 bits per heavy atom. The van der Waals surface area contributed by atoms with E-state index in [0.717, 1.165) is 0 Å². The van der Waals surface area contributed by atoms with Gasteiger partial charge in [0.15, 0.2) is 5.84 Å². The van der Waals surface area contributed by atoms with Crippen LogP contribution in [0.3, 0.4) is 0 Å². The van der Waals surface area contributed by atoms with Crippen LogP contribution in [0, 0.1) is 5.41 Å². The Labute approximate surface area is 187 Å². The molecule has 4 rings (SSSR count). The number of halogens is 6. The van der Waals surface area contributed by atoms with Gasteiger partial charge in [0, 0.05) is 10.6 Å². The Bertz CT molecular complexity index is 1160. The molecular formula is C17H8Cl3F3N4O2S. The lowest BCUT2D eigenvalue weighted by Crippen LogP contribution is -2.35. The van der Waals surface area contributed by atoms with Crippen LogP contribution in [-0.4, -0.2) is 33.1 Å². The van der Waals surface area contributed by atoms with Crippen LogP contribution in [0.1, 0.15) is 5.76 Å². The highest BCUT2D eigenvalue weighted by atomic mass is 35.5. The lowest BCUT2D eigenvalue weighted by molar-refractivity contribution is -0.114. The average molecular weight is 496 g/mol. The summed E-state index contributed by atoms with van der Waals surface area (Å²) in [4.78, 5) is 15.8. The van der Waals surface area contributed by atoms with Gasteiger partial charge in [-0.05, 0) is 48.2 Å². The summed E-state index contributed by atoms with van der Waals surface area (Å²) in [5.41, 5.74) is 0.297. The van der Waals surface area contributed by atoms with Gasteiger partial charge in [-0.15, -0.1) is 12.4 Å². The molecule has 0 unspecified atom stereocenters. The number of amides is 1. The van der Waals surface area contributed by atoms with Crippen molar-refractivity contribution in [3.63, 3.8) is 0 Å². The van der Waals surface area contributed by atoms with Crippen molar-refractivity contribution in [1.29, 1.82) is 5.41 Å². The number of carbonyl (C=O) groups excluding carboxylic acids is 1. The van der Waals surface area contributed by atoms with Gasteiger partial charge in [-0.2, -0.15) is 28.3 Å². The second-order valence-electron chi connectivity index (χ2n) is 5.75. The lowest BCUT2D eigenvalue weighted by atomic mass is 10.1. The van der Waals surface area contributed by atoms with Crippen molar-refractivity contribution in [2.45, 2.75) is 6.18 Å². The van der Waals surface area contributed by atoms with E-state index in [-0.39, 0.29) is 40.7 Å². The molecule has 1 aromatic carbocycles. The molecule has 1 aromatic heterocycles. The molecule has 30 heavy (non-hydrogen) atoms. The number of benzene rings is 1. The number of hydrogen-bond acceptors (Lipinski definition) is 5. The molecule has 1 N–H and O–H groups in total. The molecule has 0 spiro atoms. The minimum Gasteiger partial charge on any atom is -0.457 e. The van der Waals surface area contributed by atoms with Crippen molar-refractivity contribution in [2.24, 2.45) is 10.1 Å². The first-order valence-electron chi connectivity index (χ1n) is 7.76. The van der Waals surface area contributed by atoms with E-state index < -0.39 is 23.0 Å². The Balaban J connectivity index is 0.00000256.